The molecule has 0 amide bonds. The lowest BCUT2D eigenvalue weighted by molar-refractivity contribution is 0.294. The highest BCUT2D eigenvalue weighted by atomic mass is 16.5. The van der Waals surface area contributed by atoms with Crippen molar-refractivity contribution in [3.05, 3.63) is 29.3 Å². The summed E-state index contributed by atoms with van der Waals surface area (Å²) >= 11 is 0. The summed E-state index contributed by atoms with van der Waals surface area (Å²) in [6.07, 6.45) is 16.8. The fourth-order valence-electron chi connectivity index (χ4n) is 3.04. The lowest BCUT2D eigenvalue weighted by Gasteiger charge is -2.15. The second kappa shape index (κ2) is 14.7. The second-order valence-corrected chi connectivity index (χ2v) is 7.18. The van der Waals surface area contributed by atoms with Crippen molar-refractivity contribution >= 4 is 6.08 Å². The Hall–Kier alpha value is -1.44. The largest absolute Gasteiger partial charge is 0.493 e. The highest BCUT2D eigenvalue weighted by molar-refractivity contribution is 5.61. The van der Waals surface area contributed by atoms with E-state index in [2.05, 4.69) is 45.1 Å². The van der Waals surface area contributed by atoms with Gasteiger partial charge in [0.2, 0.25) is 0 Å². The molecule has 0 atom stereocenters. The fourth-order valence-corrected chi connectivity index (χ4v) is 3.04. The van der Waals surface area contributed by atoms with Gasteiger partial charge in [-0.05, 0) is 44.4 Å². The maximum Gasteiger partial charge on any atom is 0.127 e. The predicted octanol–water partition coefficient (Wildman–Crippen LogP) is 7.73. The monoisotopic (exact) mass is 360 g/mol. The number of unbranched alkanes of at least 4 members (excludes halogenated alkanes) is 8. The highest BCUT2D eigenvalue weighted by Gasteiger charge is 2.08. The third kappa shape index (κ3) is 9.31. The predicted molar refractivity (Wildman–Crippen MR) is 114 cm³/mol. The van der Waals surface area contributed by atoms with Crippen molar-refractivity contribution in [1.29, 1.82) is 0 Å². The Bertz CT molecular complexity index is 505. The van der Waals surface area contributed by atoms with Crippen molar-refractivity contribution in [2.45, 2.75) is 91.9 Å². The Morgan fingerprint density at radius 2 is 1.27 bits per heavy atom. The number of benzene rings is 1. The smallest absolute Gasteiger partial charge is 0.127 e. The van der Waals surface area contributed by atoms with E-state index in [4.69, 9.17) is 9.47 Å². The molecule has 0 aliphatic carbocycles. The minimum atomic E-state index is 0.797. The van der Waals surface area contributed by atoms with Crippen molar-refractivity contribution in [3.8, 4) is 11.5 Å². The molecule has 1 aromatic carbocycles. The van der Waals surface area contributed by atoms with Gasteiger partial charge in [0.15, 0.2) is 0 Å². The summed E-state index contributed by atoms with van der Waals surface area (Å²) in [5.74, 6) is 1.97. The Balaban J connectivity index is 2.54. The van der Waals surface area contributed by atoms with Gasteiger partial charge < -0.3 is 9.47 Å². The topological polar surface area (TPSA) is 18.5 Å². The van der Waals surface area contributed by atoms with Gasteiger partial charge >= 0.3 is 0 Å². The number of rotatable bonds is 15. The molecule has 0 fully saturated rings. The molecule has 0 heterocycles. The molecule has 1 rings (SSSR count). The van der Waals surface area contributed by atoms with E-state index in [0.29, 0.717) is 0 Å². The van der Waals surface area contributed by atoms with E-state index >= 15 is 0 Å². The van der Waals surface area contributed by atoms with Crippen LogP contribution in [0.3, 0.4) is 0 Å². The first-order chi connectivity index (χ1) is 12.7. The minimum absolute atomic E-state index is 0.797. The first-order valence-electron chi connectivity index (χ1n) is 10.8. The van der Waals surface area contributed by atoms with Crippen molar-refractivity contribution in [2.24, 2.45) is 0 Å². The van der Waals surface area contributed by atoms with Crippen LogP contribution in [-0.2, 0) is 0 Å². The van der Waals surface area contributed by atoms with Crippen LogP contribution in [0.4, 0.5) is 0 Å². The van der Waals surface area contributed by atoms with Gasteiger partial charge in [0.25, 0.3) is 0 Å². The van der Waals surface area contributed by atoms with Gasteiger partial charge in [-0.15, -0.1) is 0 Å². The van der Waals surface area contributed by atoms with E-state index in [-0.39, 0.29) is 0 Å². The van der Waals surface area contributed by atoms with Gasteiger partial charge in [-0.25, -0.2) is 0 Å². The van der Waals surface area contributed by atoms with E-state index in [1.165, 1.54) is 51.4 Å². The standard InChI is InChI=1S/C24H40O2/c1-5-8-10-12-14-17-25-23-20-22(16-7-3)24(19-21(23)4)26-18-15-13-11-9-6-2/h7,16,19-20H,5-6,8-15,17-18H2,1-4H3. The zero-order valence-corrected chi connectivity index (χ0v) is 17.6. The molecule has 0 saturated heterocycles. The Labute approximate surface area is 162 Å². The van der Waals surface area contributed by atoms with Crippen LogP contribution < -0.4 is 9.47 Å². The molecule has 0 saturated carbocycles. The van der Waals surface area contributed by atoms with Crippen molar-refractivity contribution in [3.63, 3.8) is 0 Å². The molecule has 2 heteroatoms. The first kappa shape index (κ1) is 22.6. The van der Waals surface area contributed by atoms with Crippen LogP contribution in [0, 0.1) is 6.92 Å². The van der Waals surface area contributed by atoms with E-state index in [9.17, 15) is 0 Å². The average molecular weight is 361 g/mol. The molecular weight excluding hydrogens is 320 g/mol. The fraction of sp³-hybridized carbons (Fsp3) is 0.667. The second-order valence-electron chi connectivity index (χ2n) is 7.18. The van der Waals surface area contributed by atoms with Gasteiger partial charge in [-0.2, -0.15) is 0 Å². The zero-order chi connectivity index (χ0) is 19.0. The van der Waals surface area contributed by atoms with Gasteiger partial charge in [0.1, 0.15) is 11.5 Å². The number of hydrogen-bond donors (Lipinski definition) is 0. The summed E-state index contributed by atoms with van der Waals surface area (Å²) in [5, 5.41) is 0. The molecule has 0 aliphatic rings. The SMILES string of the molecule is CC=Cc1cc(OCCCCCCC)c(C)cc1OCCCCCCC. The quantitative estimate of drug-likeness (QED) is 0.298. The molecule has 148 valence electrons. The van der Waals surface area contributed by atoms with E-state index in [1.54, 1.807) is 0 Å². The highest BCUT2D eigenvalue weighted by Crippen LogP contribution is 2.30. The van der Waals surface area contributed by atoms with Crippen LogP contribution >= 0.6 is 0 Å². The van der Waals surface area contributed by atoms with Crippen LogP contribution in [0.25, 0.3) is 6.08 Å². The van der Waals surface area contributed by atoms with E-state index in [0.717, 1.165) is 48.7 Å². The van der Waals surface area contributed by atoms with Crippen LogP contribution in [0.5, 0.6) is 11.5 Å². The van der Waals surface area contributed by atoms with Gasteiger partial charge in [-0.3, -0.25) is 0 Å². The first-order valence-corrected chi connectivity index (χ1v) is 10.8. The summed E-state index contributed by atoms with van der Waals surface area (Å²) < 4.78 is 12.1. The summed E-state index contributed by atoms with van der Waals surface area (Å²) in [6.45, 7) is 10.3. The molecule has 0 unspecified atom stereocenters. The van der Waals surface area contributed by atoms with Crippen LogP contribution in [-0.4, -0.2) is 13.2 Å². The summed E-state index contributed by atoms with van der Waals surface area (Å²) in [6, 6.07) is 4.27. The summed E-state index contributed by atoms with van der Waals surface area (Å²) in [5.41, 5.74) is 2.28. The normalized spacial score (nSPS) is 11.2. The van der Waals surface area contributed by atoms with Crippen LogP contribution in [0.15, 0.2) is 18.2 Å². The lowest BCUT2D eigenvalue weighted by atomic mass is 10.1. The average Bonchev–Trinajstić information content (AvgIpc) is 2.64. The lowest BCUT2D eigenvalue weighted by Crippen LogP contribution is -2.02. The molecule has 0 aliphatic heterocycles. The van der Waals surface area contributed by atoms with Crippen LogP contribution in [0.2, 0.25) is 0 Å². The van der Waals surface area contributed by atoms with E-state index in [1.807, 2.05) is 6.92 Å². The van der Waals surface area contributed by atoms with Crippen molar-refractivity contribution in [1.82, 2.24) is 0 Å². The molecular formula is C24H40O2. The maximum atomic E-state index is 6.07. The number of aryl methyl sites for hydroxylation is 1. The maximum absolute atomic E-state index is 6.07. The number of hydrogen-bond acceptors (Lipinski definition) is 2. The van der Waals surface area contributed by atoms with E-state index < -0.39 is 0 Å². The minimum Gasteiger partial charge on any atom is -0.493 e. The molecule has 0 bridgehead atoms. The third-order valence-electron chi connectivity index (χ3n) is 4.66. The third-order valence-corrected chi connectivity index (χ3v) is 4.66. The zero-order valence-electron chi connectivity index (χ0n) is 17.6. The molecule has 0 aromatic heterocycles. The Kier molecular flexibility index (Phi) is 12.8. The van der Waals surface area contributed by atoms with Gasteiger partial charge in [-0.1, -0.05) is 77.4 Å². The summed E-state index contributed by atoms with van der Waals surface area (Å²) in [7, 11) is 0. The molecule has 0 spiro atoms. The molecule has 0 radical (unpaired) electrons. The Morgan fingerprint density at radius 3 is 1.81 bits per heavy atom. The number of allylic oxidation sites excluding steroid dienone is 1. The molecule has 26 heavy (non-hydrogen) atoms. The molecule has 2 nitrogen and oxygen atoms in total. The van der Waals surface area contributed by atoms with Gasteiger partial charge in [0.05, 0.1) is 13.2 Å². The summed E-state index contributed by atoms with van der Waals surface area (Å²) in [4.78, 5) is 0. The molecule has 1 aromatic rings. The Morgan fingerprint density at radius 1 is 0.731 bits per heavy atom. The van der Waals surface area contributed by atoms with Crippen LogP contribution in [0.1, 0.15) is 96.1 Å². The van der Waals surface area contributed by atoms with Gasteiger partial charge in [0, 0.05) is 5.56 Å². The van der Waals surface area contributed by atoms with Crippen molar-refractivity contribution < 1.29 is 9.47 Å². The van der Waals surface area contributed by atoms with Crippen molar-refractivity contribution in [2.75, 3.05) is 13.2 Å². The number of ether oxygens (including phenoxy) is 2. The molecule has 0 N–H and O–H groups in total.